The summed E-state index contributed by atoms with van der Waals surface area (Å²) in [5.41, 5.74) is 4.00. The predicted octanol–water partition coefficient (Wildman–Crippen LogP) is 3.33. The van der Waals surface area contributed by atoms with Gasteiger partial charge in [-0.25, -0.2) is 9.78 Å². The molecule has 0 fully saturated rings. The maximum Gasteiger partial charge on any atom is 0.356 e. The van der Waals surface area contributed by atoms with Gasteiger partial charge < -0.3 is 4.74 Å². The van der Waals surface area contributed by atoms with Crippen molar-refractivity contribution < 1.29 is 9.53 Å². The number of nitrogens with zero attached hydrogens (tertiary/aromatic N) is 2. The minimum atomic E-state index is -0.473. The molecule has 0 spiro atoms. The Morgan fingerprint density at radius 2 is 1.75 bits per heavy atom. The molecular formula is C20H14N2O2. The normalized spacial score (nSPS) is 9.71. The number of aromatic nitrogens is 2. The monoisotopic (exact) mass is 314 g/mol. The Hall–Kier alpha value is -3.45. The minimum Gasteiger partial charge on any atom is -0.464 e. The van der Waals surface area contributed by atoms with Gasteiger partial charge in [0.1, 0.15) is 5.69 Å². The minimum absolute atomic E-state index is 0.247. The van der Waals surface area contributed by atoms with Crippen LogP contribution in [-0.2, 0) is 4.74 Å². The molecule has 3 aromatic rings. The summed E-state index contributed by atoms with van der Waals surface area (Å²) < 4.78 is 4.65. The van der Waals surface area contributed by atoms with Gasteiger partial charge in [-0.2, -0.15) is 0 Å². The van der Waals surface area contributed by atoms with Crippen LogP contribution < -0.4 is 0 Å². The van der Waals surface area contributed by atoms with Gasteiger partial charge in [0.15, 0.2) is 0 Å². The summed E-state index contributed by atoms with van der Waals surface area (Å²) in [6, 6.07) is 15.2. The summed E-state index contributed by atoms with van der Waals surface area (Å²) in [5.74, 6) is 5.63. The SMILES string of the molecule is COC(=O)c1cc(C#Cc2ccc(-c3cccnc3)cc2)ccn1. The highest BCUT2D eigenvalue weighted by Crippen LogP contribution is 2.18. The molecule has 0 N–H and O–H groups in total. The molecule has 116 valence electrons. The van der Waals surface area contributed by atoms with Crippen molar-refractivity contribution in [3.8, 4) is 23.0 Å². The molecule has 0 aliphatic heterocycles. The fraction of sp³-hybridized carbons (Fsp3) is 0.0500. The van der Waals surface area contributed by atoms with Crippen molar-refractivity contribution >= 4 is 5.97 Å². The fourth-order valence-corrected chi connectivity index (χ4v) is 2.15. The van der Waals surface area contributed by atoms with Crippen LogP contribution in [0.5, 0.6) is 0 Å². The molecule has 3 rings (SSSR count). The topological polar surface area (TPSA) is 52.1 Å². The molecule has 0 atom stereocenters. The number of rotatable bonds is 2. The second-order valence-corrected chi connectivity index (χ2v) is 4.99. The molecule has 24 heavy (non-hydrogen) atoms. The van der Waals surface area contributed by atoms with Gasteiger partial charge in [0, 0.05) is 29.7 Å². The highest BCUT2D eigenvalue weighted by molar-refractivity contribution is 5.87. The smallest absolute Gasteiger partial charge is 0.356 e. The first-order valence-electron chi connectivity index (χ1n) is 7.33. The molecule has 0 radical (unpaired) electrons. The van der Waals surface area contributed by atoms with Crippen molar-refractivity contribution in [3.63, 3.8) is 0 Å². The molecule has 0 amide bonds. The first-order valence-corrected chi connectivity index (χ1v) is 7.33. The summed E-state index contributed by atoms with van der Waals surface area (Å²) in [6.07, 6.45) is 5.12. The van der Waals surface area contributed by atoms with E-state index in [4.69, 9.17) is 0 Å². The number of ether oxygens (including phenoxy) is 1. The van der Waals surface area contributed by atoms with E-state index in [1.54, 1.807) is 24.5 Å². The number of carbonyl (C=O) groups excluding carboxylic acids is 1. The Morgan fingerprint density at radius 1 is 0.958 bits per heavy atom. The molecule has 0 aliphatic rings. The molecular weight excluding hydrogens is 300 g/mol. The number of hydrogen-bond acceptors (Lipinski definition) is 4. The molecule has 2 aromatic heterocycles. The van der Waals surface area contributed by atoms with Gasteiger partial charge in [-0.05, 0) is 41.5 Å². The summed E-state index contributed by atoms with van der Waals surface area (Å²) in [7, 11) is 1.33. The lowest BCUT2D eigenvalue weighted by atomic mass is 10.1. The van der Waals surface area contributed by atoms with Crippen molar-refractivity contribution in [2.24, 2.45) is 0 Å². The van der Waals surface area contributed by atoms with Gasteiger partial charge >= 0.3 is 5.97 Å². The molecule has 0 bridgehead atoms. The van der Waals surface area contributed by atoms with Crippen LogP contribution in [-0.4, -0.2) is 23.0 Å². The third kappa shape index (κ3) is 3.65. The van der Waals surface area contributed by atoms with Gasteiger partial charge in [0.2, 0.25) is 0 Å². The van der Waals surface area contributed by atoms with E-state index in [2.05, 4.69) is 26.5 Å². The third-order valence-corrected chi connectivity index (χ3v) is 3.39. The summed E-state index contributed by atoms with van der Waals surface area (Å²) in [6.45, 7) is 0. The summed E-state index contributed by atoms with van der Waals surface area (Å²) in [4.78, 5) is 19.6. The van der Waals surface area contributed by atoms with Crippen LogP contribution in [0, 0.1) is 11.8 Å². The lowest BCUT2D eigenvalue weighted by Crippen LogP contribution is -2.03. The van der Waals surface area contributed by atoms with Gasteiger partial charge in [-0.1, -0.05) is 30.0 Å². The molecule has 0 aliphatic carbocycles. The molecule has 0 saturated carbocycles. The Balaban J connectivity index is 1.80. The maximum absolute atomic E-state index is 11.5. The van der Waals surface area contributed by atoms with Crippen molar-refractivity contribution in [2.45, 2.75) is 0 Å². The predicted molar refractivity (Wildman–Crippen MR) is 91.2 cm³/mol. The average Bonchev–Trinajstić information content (AvgIpc) is 2.67. The number of carbonyl (C=O) groups is 1. The van der Waals surface area contributed by atoms with Crippen LogP contribution in [0.25, 0.3) is 11.1 Å². The van der Waals surface area contributed by atoms with E-state index in [0.717, 1.165) is 16.7 Å². The standard InChI is InChI=1S/C20H14N2O2/c1-24-20(23)19-13-16(10-12-22-19)5-4-15-6-8-17(9-7-15)18-3-2-11-21-14-18/h2-3,6-14H,1H3. The first-order chi connectivity index (χ1) is 11.8. The maximum atomic E-state index is 11.5. The van der Waals surface area contributed by atoms with E-state index in [9.17, 15) is 4.79 Å². The quantitative estimate of drug-likeness (QED) is 0.538. The zero-order valence-electron chi connectivity index (χ0n) is 13.1. The summed E-state index contributed by atoms with van der Waals surface area (Å²) in [5, 5.41) is 0. The molecule has 0 unspecified atom stereocenters. The van der Waals surface area contributed by atoms with Crippen molar-refractivity contribution in [1.82, 2.24) is 9.97 Å². The Kier molecular flexibility index (Phi) is 4.64. The van der Waals surface area contributed by atoms with Gasteiger partial charge in [0.25, 0.3) is 0 Å². The number of benzene rings is 1. The Morgan fingerprint density at radius 3 is 2.46 bits per heavy atom. The van der Waals surface area contributed by atoms with Gasteiger partial charge in [-0.15, -0.1) is 0 Å². The number of methoxy groups -OCH3 is 1. The fourth-order valence-electron chi connectivity index (χ4n) is 2.15. The molecule has 0 saturated heterocycles. The van der Waals surface area contributed by atoms with E-state index in [0.29, 0.717) is 5.56 Å². The van der Waals surface area contributed by atoms with E-state index in [-0.39, 0.29) is 5.69 Å². The van der Waals surface area contributed by atoms with Gasteiger partial charge in [-0.3, -0.25) is 4.98 Å². The van der Waals surface area contributed by atoms with E-state index >= 15 is 0 Å². The van der Waals surface area contributed by atoms with E-state index in [1.165, 1.54) is 7.11 Å². The number of esters is 1. The van der Waals surface area contributed by atoms with E-state index in [1.807, 2.05) is 42.6 Å². The zero-order chi connectivity index (χ0) is 16.8. The Labute approximate surface area is 140 Å². The molecule has 4 heteroatoms. The van der Waals surface area contributed by atoms with Crippen LogP contribution in [0.2, 0.25) is 0 Å². The largest absolute Gasteiger partial charge is 0.464 e. The average molecular weight is 314 g/mol. The van der Waals surface area contributed by atoms with Crippen LogP contribution in [0.1, 0.15) is 21.6 Å². The highest BCUT2D eigenvalue weighted by atomic mass is 16.5. The molecule has 2 heterocycles. The van der Waals surface area contributed by atoms with Crippen molar-refractivity contribution in [2.75, 3.05) is 7.11 Å². The zero-order valence-corrected chi connectivity index (χ0v) is 13.1. The van der Waals surface area contributed by atoms with Gasteiger partial charge in [0.05, 0.1) is 7.11 Å². The number of hydrogen-bond donors (Lipinski definition) is 0. The van der Waals surface area contributed by atoms with Crippen LogP contribution in [0.3, 0.4) is 0 Å². The number of pyridine rings is 2. The van der Waals surface area contributed by atoms with E-state index < -0.39 is 5.97 Å². The lowest BCUT2D eigenvalue weighted by molar-refractivity contribution is 0.0594. The summed E-state index contributed by atoms with van der Waals surface area (Å²) >= 11 is 0. The second kappa shape index (κ2) is 7.21. The van der Waals surface area contributed by atoms with Crippen LogP contribution >= 0.6 is 0 Å². The van der Waals surface area contributed by atoms with Crippen molar-refractivity contribution in [3.05, 3.63) is 83.9 Å². The van der Waals surface area contributed by atoms with Crippen LogP contribution in [0.15, 0.2) is 67.1 Å². The second-order valence-electron chi connectivity index (χ2n) is 4.99. The molecule has 1 aromatic carbocycles. The highest BCUT2D eigenvalue weighted by Gasteiger charge is 2.06. The lowest BCUT2D eigenvalue weighted by Gasteiger charge is -2.00. The first kappa shape index (κ1) is 15.4. The Bertz CT molecular complexity index is 908. The molecule has 4 nitrogen and oxygen atoms in total. The third-order valence-electron chi connectivity index (χ3n) is 3.39. The van der Waals surface area contributed by atoms with Crippen molar-refractivity contribution in [1.29, 1.82) is 0 Å². The van der Waals surface area contributed by atoms with Crippen LogP contribution in [0.4, 0.5) is 0 Å².